The van der Waals surface area contributed by atoms with Gasteiger partial charge in [-0.2, -0.15) is 0 Å². The summed E-state index contributed by atoms with van der Waals surface area (Å²) in [4.78, 5) is 4.33. The zero-order valence-corrected chi connectivity index (χ0v) is 18.1. The summed E-state index contributed by atoms with van der Waals surface area (Å²) >= 11 is 0. The van der Waals surface area contributed by atoms with Gasteiger partial charge in [0.1, 0.15) is 9.84 Å². The Bertz CT molecular complexity index is 549. The van der Waals surface area contributed by atoms with Gasteiger partial charge in [-0.3, -0.25) is 4.99 Å². The molecule has 23 heavy (non-hydrogen) atoms. The monoisotopic (exact) mass is 484 g/mol. The predicted molar refractivity (Wildman–Crippen MR) is 106 cm³/mol. The molecule has 0 aliphatic rings. The molecule has 140 valence electrons. The van der Waals surface area contributed by atoms with Crippen molar-refractivity contribution in [1.29, 1.82) is 0 Å². The van der Waals surface area contributed by atoms with Crippen LogP contribution in [-0.4, -0.2) is 66.7 Å². The molecule has 0 spiro atoms. The van der Waals surface area contributed by atoms with Crippen molar-refractivity contribution in [1.82, 2.24) is 15.4 Å². The molecule has 0 heterocycles. The third-order valence-corrected chi connectivity index (χ3v) is 4.32. The largest absolute Gasteiger partial charge is 0.357 e. The zero-order chi connectivity index (χ0) is 17.2. The van der Waals surface area contributed by atoms with E-state index >= 15 is 0 Å². The minimum absolute atomic E-state index is 0. The fourth-order valence-corrected chi connectivity index (χ4v) is 2.84. The molecule has 8 nitrogen and oxygen atoms in total. The van der Waals surface area contributed by atoms with Crippen LogP contribution in [0.3, 0.4) is 0 Å². The molecule has 0 aliphatic carbocycles. The molecule has 0 rings (SSSR count). The zero-order valence-electron chi connectivity index (χ0n) is 14.1. The number of sulfonamides is 1. The summed E-state index contributed by atoms with van der Waals surface area (Å²) in [7, 11) is -6.13. The normalized spacial score (nSPS) is 14.0. The van der Waals surface area contributed by atoms with Gasteiger partial charge in [0.15, 0.2) is 5.96 Å². The van der Waals surface area contributed by atoms with Gasteiger partial charge in [0.25, 0.3) is 0 Å². The van der Waals surface area contributed by atoms with E-state index in [9.17, 15) is 16.8 Å². The van der Waals surface area contributed by atoms with E-state index in [0.717, 1.165) is 6.26 Å². The molecule has 0 aromatic rings. The number of guanidine groups is 1. The van der Waals surface area contributed by atoms with Crippen LogP contribution >= 0.6 is 24.0 Å². The van der Waals surface area contributed by atoms with Crippen molar-refractivity contribution in [3.63, 3.8) is 0 Å². The van der Waals surface area contributed by atoms with Crippen LogP contribution in [0, 0.1) is 0 Å². The Morgan fingerprint density at radius 1 is 1.17 bits per heavy atom. The number of nitrogens with zero attached hydrogens (tertiary/aromatic N) is 1. The third-order valence-electron chi connectivity index (χ3n) is 2.62. The van der Waals surface area contributed by atoms with Crippen LogP contribution in [0.25, 0.3) is 0 Å². The summed E-state index contributed by atoms with van der Waals surface area (Å²) in [6.45, 7) is 5.32. The van der Waals surface area contributed by atoms with E-state index in [1.54, 1.807) is 0 Å². The molecule has 0 fully saturated rings. The van der Waals surface area contributed by atoms with Gasteiger partial charge in [-0.25, -0.2) is 21.6 Å². The van der Waals surface area contributed by atoms with E-state index in [-0.39, 0.29) is 35.8 Å². The Kier molecular flexibility index (Phi) is 13.4. The summed E-state index contributed by atoms with van der Waals surface area (Å²) < 4.78 is 46.5. The van der Waals surface area contributed by atoms with Gasteiger partial charge in [0, 0.05) is 31.9 Å². The quantitative estimate of drug-likeness (QED) is 0.173. The average molecular weight is 484 g/mol. The van der Waals surface area contributed by atoms with E-state index in [2.05, 4.69) is 20.3 Å². The van der Waals surface area contributed by atoms with Gasteiger partial charge in [-0.05, 0) is 26.7 Å². The summed E-state index contributed by atoms with van der Waals surface area (Å²) in [6, 6.07) is -0.0262. The molecule has 0 saturated heterocycles. The van der Waals surface area contributed by atoms with Crippen LogP contribution in [0.2, 0.25) is 0 Å². The van der Waals surface area contributed by atoms with Crippen LogP contribution in [-0.2, 0) is 19.9 Å². The van der Waals surface area contributed by atoms with Gasteiger partial charge < -0.3 is 10.6 Å². The van der Waals surface area contributed by atoms with Crippen molar-refractivity contribution < 1.29 is 16.8 Å². The molecule has 1 unspecified atom stereocenters. The van der Waals surface area contributed by atoms with Crippen LogP contribution < -0.4 is 15.4 Å². The van der Waals surface area contributed by atoms with Crippen LogP contribution in [0.5, 0.6) is 0 Å². The standard InChI is InChI=1S/C12H28N4O4S2.HI/c1-5-13-12(14-8-6-9-15-22(4,19)20)16-11(2)7-10-21(3,17)18;/h11,15H,5-10H2,1-4H3,(H2,13,14,16);1H. The maximum absolute atomic E-state index is 11.1. The minimum Gasteiger partial charge on any atom is -0.357 e. The summed E-state index contributed by atoms with van der Waals surface area (Å²) in [5.41, 5.74) is 0. The summed E-state index contributed by atoms with van der Waals surface area (Å²) in [6.07, 6.45) is 3.42. The first-order valence-electron chi connectivity index (χ1n) is 7.20. The molecule has 0 aromatic carbocycles. The Morgan fingerprint density at radius 2 is 1.78 bits per heavy atom. The van der Waals surface area contributed by atoms with Gasteiger partial charge in [-0.1, -0.05) is 0 Å². The van der Waals surface area contributed by atoms with E-state index < -0.39 is 19.9 Å². The highest BCUT2D eigenvalue weighted by atomic mass is 127. The summed E-state index contributed by atoms with van der Waals surface area (Å²) in [5, 5.41) is 6.20. The van der Waals surface area contributed by atoms with Crippen LogP contribution in [0.15, 0.2) is 4.99 Å². The fraction of sp³-hybridized carbons (Fsp3) is 0.917. The molecule has 1 atom stereocenters. The molecule has 0 bridgehead atoms. The maximum Gasteiger partial charge on any atom is 0.208 e. The molecule has 0 aromatic heterocycles. The molecule has 3 N–H and O–H groups in total. The van der Waals surface area contributed by atoms with E-state index in [4.69, 9.17) is 0 Å². The molecule has 11 heteroatoms. The smallest absolute Gasteiger partial charge is 0.208 e. The second-order valence-corrected chi connectivity index (χ2v) is 9.34. The van der Waals surface area contributed by atoms with Gasteiger partial charge in [0.05, 0.1) is 12.0 Å². The molecular formula is C12H29IN4O4S2. The first kappa shape index (κ1) is 25.1. The third kappa shape index (κ3) is 18.0. The number of halogens is 1. The van der Waals surface area contributed by atoms with E-state index in [1.807, 2.05) is 13.8 Å². The Balaban J connectivity index is 0. The van der Waals surface area contributed by atoms with Gasteiger partial charge in [0.2, 0.25) is 10.0 Å². The SMILES string of the molecule is CCNC(=NCCCNS(C)(=O)=O)NC(C)CCS(C)(=O)=O.I. The van der Waals surface area contributed by atoms with E-state index in [1.165, 1.54) is 6.26 Å². The Morgan fingerprint density at radius 3 is 2.26 bits per heavy atom. The van der Waals surface area contributed by atoms with Crippen molar-refractivity contribution in [2.24, 2.45) is 4.99 Å². The molecule has 0 aliphatic heterocycles. The lowest BCUT2D eigenvalue weighted by Crippen LogP contribution is -2.43. The van der Waals surface area contributed by atoms with Gasteiger partial charge >= 0.3 is 0 Å². The Hall–Kier alpha value is -0.140. The minimum atomic E-state index is -3.16. The molecule has 0 saturated carbocycles. The lowest BCUT2D eigenvalue weighted by Gasteiger charge is -2.17. The van der Waals surface area contributed by atoms with Crippen molar-refractivity contribution in [3.8, 4) is 0 Å². The number of hydrogen-bond donors (Lipinski definition) is 3. The number of sulfone groups is 1. The number of nitrogens with one attached hydrogen (secondary N) is 3. The average Bonchev–Trinajstić information content (AvgIpc) is 2.34. The predicted octanol–water partition coefficient (Wildman–Crippen LogP) is -0.0780. The van der Waals surface area contributed by atoms with Gasteiger partial charge in [-0.15, -0.1) is 24.0 Å². The molecule has 0 amide bonds. The van der Waals surface area contributed by atoms with Crippen molar-refractivity contribution in [2.45, 2.75) is 32.7 Å². The Labute approximate surface area is 157 Å². The number of aliphatic imine (C=N–C) groups is 1. The fourth-order valence-electron chi connectivity index (χ4n) is 1.54. The van der Waals surface area contributed by atoms with E-state index in [0.29, 0.717) is 38.4 Å². The van der Waals surface area contributed by atoms with Crippen molar-refractivity contribution in [2.75, 3.05) is 37.9 Å². The maximum atomic E-state index is 11.1. The lowest BCUT2D eigenvalue weighted by atomic mass is 10.3. The second kappa shape index (κ2) is 12.3. The van der Waals surface area contributed by atoms with Crippen LogP contribution in [0.4, 0.5) is 0 Å². The summed E-state index contributed by atoms with van der Waals surface area (Å²) in [5.74, 6) is 0.724. The molecule has 0 radical (unpaired) electrons. The second-order valence-electron chi connectivity index (χ2n) is 5.24. The first-order chi connectivity index (χ1) is 10.0. The highest BCUT2D eigenvalue weighted by Crippen LogP contribution is 1.95. The number of rotatable bonds is 10. The highest BCUT2D eigenvalue weighted by molar-refractivity contribution is 14.0. The highest BCUT2D eigenvalue weighted by Gasteiger charge is 2.09. The van der Waals surface area contributed by atoms with Crippen LogP contribution in [0.1, 0.15) is 26.7 Å². The molecular weight excluding hydrogens is 455 g/mol. The van der Waals surface area contributed by atoms with Crippen molar-refractivity contribution in [3.05, 3.63) is 0 Å². The number of hydrogen-bond acceptors (Lipinski definition) is 5. The topological polar surface area (TPSA) is 117 Å². The lowest BCUT2D eigenvalue weighted by molar-refractivity contribution is 0.579. The first-order valence-corrected chi connectivity index (χ1v) is 11.2. The van der Waals surface area contributed by atoms with Crippen molar-refractivity contribution >= 4 is 49.8 Å².